The largest absolute Gasteiger partial charge is 0.326 e. The first kappa shape index (κ1) is 19.4. The van der Waals surface area contributed by atoms with Crippen LogP contribution in [0.4, 0.5) is 14.5 Å². The summed E-state index contributed by atoms with van der Waals surface area (Å²) in [7, 11) is -3.81. The molecule has 8 heteroatoms. The zero-order chi connectivity index (χ0) is 19.4. The Hall–Kier alpha value is -2.32. The molecule has 1 N–H and O–H groups in total. The Morgan fingerprint density at radius 3 is 2.22 bits per heavy atom. The van der Waals surface area contributed by atoms with Crippen molar-refractivity contribution in [2.75, 3.05) is 11.9 Å². The normalized spacial score (nSPS) is 18.2. The number of carbonyl (C=O) groups is 1. The number of hydrogen-bond donors (Lipinski definition) is 1. The third kappa shape index (κ3) is 4.70. The Kier molecular flexibility index (Phi) is 5.86. The summed E-state index contributed by atoms with van der Waals surface area (Å²) in [5, 5.41) is 2.66. The maximum atomic E-state index is 13.1. The van der Waals surface area contributed by atoms with Crippen LogP contribution in [0.25, 0.3) is 0 Å². The van der Waals surface area contributed by atoms with E-state index in [1.807, 2.05) is 0 Å². The topological polar surface area (TPSA) is 66.5 Å². The Bertz CT molecular complexity index is 900. The number of nitrogens with one attached hydrogen (secondary N) is 1. The Morgan fingerprint density at radius 1 is 1.00 bits per heavy atom. The fraction of sp³-hybridized carbons (Fsp3) is 0.316. The van der Waals surface area contributed by atoms with Crippen LogP contribution in [-0.2, 0) is 14.8 Å². The smallest absolute Gasteiger partial charge is 0.243 e. The van der Waals surface area contributed by atoms with Gasteiger partial charge in [-0.3, -0.25) is 4.79 Å². The summed E-state index contributed by atoms with van der Waals surface area (Å²) in [6.45, 7) is 0.314. The van der Waals surface area contributed by atoms with Crippen molar-refractivity contribution in [3.63, 3.8) is 0 Å². The summed E-state index contributed by atoms with van der Waals surface area (Å²) < 4.78 is 53.2. The highest BCUT2D eigenvalue weighted by atomic mass is 32.2. The number of sulfonamides is 1. The van der Waals surface area contributed by atoms with Crippen LogP contribution in [0.3, 0.4) is 0 Å². The fourth-order valence-electron chi connectivity index (χ4n) is 3.20. The number of piperidine rings is 1. The predicted molar refractivity (Wildman–Crippen MR) is 97.6 cm³/mol. The standard InChI is InChI=1S/C19H20F2N2O3S/c20-14-4-8-16(9-5-14)22-19(24)13-17-3-1-2-12-23(17)27(25,26)18-10-6-15(21)7-11-18/h4-11,17H,1-3,12-13H2,(H,22,24). The van der Waals surface area contributed by atoms with Crippen LogP contribution < -0.4 is 5.32 Å². The molecule has 1 unspecified atom stereocenters. The number of nitrogens with zero attached hydrogens (tertiary/aromatic N) is 1. The molecule has 0 spiro atoms. The first-order valence-electron chi connectivity index (χ1n) is 8.69. The maximum absolute atomic E-state index is 13.1. The molecule has 1 atom stereocenters. The molecule has 1 amide bonds. The van der Waals surface area contributed by atoms with Crippen LogP contribution in [0.15, 0.2) is 53.4 Å². The van der Waals surface area contributed by atoms with Gasteiger partial charge in [0.25, 0.3) is 0 Å². The van der Waals surface area contributed by atoms with Crippen LogP contribution in [-0.4, -0.2) is 31.2 Å². The molecule has 1 fully saturated rings. The summed E-state index contributed by atoms with van der Waals surface area (Å²) >= 11 is 0. The van der Waals surface area contributed by atoms with Gasteiger partial charge in [0, 0.05) is 24.7 Å². The van der Waals surface area contributed by atoms with Gasteiger partial charge in [0.15, 0.2) is 0 Å². The minimum atomic E-state index is -3.81. The van der Waals surface area contributed by atoms with Gasteiger partial charge in [-0.2, -0.15) is 4.31 Å². The molecule has 1 aliphatic heterocycles. The second kappa shape index (κ2) is 8.14. The van der Waals surface area contributed by atoms with Gasteiger partial charge in [0.05, 0.1) is 4.90 Å². The Labute approximate surface area is 157 Å². The van der Waals surface area contributed by atoms with E-state index in [9.17, 15) is 22.0 Å². The molecular weight excluding hydrogens is 374 g/mol. The molecule has 27 heavy (non-hydrogen) atoms. The number of benzene rings is 2. The van der Waals surface area contributed by atoms with E-state index in [0.29, 0.717) is 25.1 Å². The molecule has 0 bridgehead atoms. The van der Waals surface area contributed by atoms with Gasteiger partial charge in [-0.1, -0.05) is 6.42 Å². The van der Waals surface area contributed by atoms with Crippen molar-refractivity contribution in [3.8, 4) is 0 Å². The third-order valence-electron chi connectivity index (χ3n) is 4.54. The van der Waals surface area contributed by atoms with Crippen molar-refractivity contribution < 1.29 is 22.0 Å². The van der Waals surface area contributed by atoms with Crippen molar-refractivity contribution >= 4 is 21.6 Å². The predicted octanol–water partition coefficient (Wildman–Crippen LogP) is 3.54. The maximum Gasteiger partial charge on any atom is 0.243 e. The number of rotatable bonds is 5. The molecule has 0 saturated carbocycles. The van der Waals surface area contributed by atoms with Crippen LogP contribution in [0.1, 0.15) is 25.7 Å². The second-order valence-corrected chi connectivity index (χ2v) is 8.37. The molecule has 1 aliphatic rings. The van der Waals surface area contributed by atoms with E-state index in [1.54, 1.807) is 0 Å². The summed E-state index contributed by atoms with van der Waals surface area (Å²) in [5.41, 5.74) is 0.449. The summed E-state index contributed by atoms with van der Waals surface area (Å²) in [4.78, 5) is 12.4. The average Bonchev–Trinajstić information content (AvgIpc) is 2.64. The molecule has 0 aliphatic carbocycles. The molecule has 0 aromatic heterocycles. The lowest BCUT2D eigenvalue weighted by Gasteiger charge is -2.34. The number of anilines is 1. The van der Waals surface area contributed by atoms with Gasteiger partial charge in [0.1, 0.15) is 11.6 Å². The summed E-state index contributed by atoms with van der Waals surface area (Å²) in [6.07, 6.45) is 2.09. The van der Waals surface area contributed by atoms with Gasteiger partial charge < -0.3 is 5.32 Å². The number of halogens is 2. The lowest BCUT2D eigenvalue weighted by atomic mass is 10.0. The lowest BCUT2D eigenvalue weighted by Crippen LogP contribution is -2.45. The van der Waals surface area contributed by atoms with Crippen molar-refractivity contribution in [3.05, 3.63) is 60.2 Å². The average molecular weight is 394 g/mol. The quantitative estimate of drug-likeness (QED) is 0.844. The second-order valence-electron chi connectivity index (χ2n) is 6.48. The van der Waals surface area contributed by atoms with E-state index in [2.05, 4.69) is 5.32 Å². The zero-order valence-electron chi connectivity index (χ0n) is 14.6. The van der Waals surface area contributed by atoms with Crippen LogP contribution in [0.5, 0.6) is 0 Å². The fourth-order valence-corrected chi connectivity index (χ4v) is 4.89. The highest BCUT2D eigenvalue weighted by molar-refractivity contribution is 7.89. The minimum absolute atomic E-state index is 0.00218. The Balaban J connectivity index is 1.73. The highest BCUT2D eigenvalue weighted by Gasteiger charge is 2.34. The molecule has 3 rings (SSSR count). The summed E-state index contributed by atoms with van der Waals surface area (Å²) in [5.74, 6) is -1.26. The third-order valence-corrected chi connectivity index (χ3v) is 6.51. The molecule has 1 heterocycles. The zero-order valence-corrected chi connectivity index (χ0v) is 15.4. The molecule has 0 radical (unpaired) electrons. The van der Waals surface area contributed by atoms with E-state index in [4.69, 9.17) is 0 Å². The van der Waals surface area contributed by atoms with Gasteiger partial charge in [0.2, 0.25) is 15.9 Å². The monoisotopic (exact) mass is 394 g/mol. The van der Waals surface area contributed by atoms with Gasteiger partial charge >= 0.3 is 0 Å². The van der Waals surface area contributed by atoms with E-state index in [0.717, 1.165) is 18.6 Å². The first-order chi connectivity index (χ1) is 12.9. The van der Waals surface area contributed by atoms with E-state index >= 15 is 0 Å². The molecule has 2 aromatic rings. The van der Waals surface area contributed by atoms with Crippen molar-refractivity contribution in [2.24, 2.45) is 0 Å². The lowest BCUT2D eigenvalue weighted by molar-refractivity contribution is -0.117. The van der Waals surface area contributed by atoms with Crippen molar-refractivity contribution in [1.82, 2.24) is 4.31 Å². The number of carbonyl (C=O) groups excluding carboxylic acids is 1. The SMILES string of the molecule is O=C(CC1CCCCN1S(=O)(=O)c1ccc(F)cc1)Nc1ccc(F)cc1. The molecule has 1 saturated heterocycles. The van der Waals surface area contributed by atoms with Gasteiger partial charge in [-0.05, 0) is 61.4 Å². The van der Waals surface area contributed by atoms with Crippen molar-refractivity contribution in [1.29, 1.82) is 0 Å². The molecular formula is C19H20F2N2O3S. The molecule has 144 valence electrons. The number of amides is 1. The van der Waals surface area contributed by atoms with E-state index in [1.165, 1.54) is 40.7 Å². The molecule has 5 nitrogen and oxygen atoms in total. The number of hydrogen-bond acceptors (Lipinski definition) is 3. The van der Waals surface area contributed by atoms with Gasteiger partial charge in [-0.25, -0.2) is 17.2 Å². The summed E-state index contributed by atoms with van der Waals surface area (Å²) in [6, 6.07) is 9.56. The van der Waals surface area contributed by atoms with Crippen LogP contribution in [0.2, 0.25) is 0 Å². The van der Waals surface area contributed by atoms with Crippen molar-refractivity contribution in [2.45, 2.75) is 36.6 Å². The minimum Gasteiger partial charge on any atom is -0.326 e. The molecule has 2 aromatic carbocycles. The van der Waals surface area contributed by atoms with Gasteiger partial charge in [-0.15, -0.1) is 0 Å². The Morgan fingerprint density at radius 2 is 1.59 bits per heavy atom. The van der Waals surface area contributed by atoms with Crippen LogP contribution in [0, 0.1) is 11.6 Å². The first-order valence-corrected chi connectivity index (χ1v) is 10.1. The van der Waals surface area contributed by atoms with E-state index in [-0.39, 0.29) is 17.2 Å². The highest BCUT2D eigenvalue weighted by Crippen LogP contribution is 2.27. The van der Waals surface area contributed by atoms with Crippen LogP contribution >= 0.6 is 0 Å². The van der Waals surface area contributed by atoms with E-state index < -0.39 is 27.7 Å².